The van der Waals surface area contributed by atoms with Crippen molar-refractivity contribution in [1.82, 2.24) is 10.2 Å². The number of aromatic hydroxyl groups is 1. The Morgan fingerprint density at radius 2 is 1.58 bits per heavy atom. The summed E-state index contributed by atoms with van der Waals surface area (Å²) in [6.07, 6.45) is 0. The Labute approximate surface area is 187 Å². The van der Waals surface area contributed by atoms with Crippen molar-refractivity contribution >= 4 is 34.2 Å². The van der Waals surface area contributed by atoms with Gasteiger partial charge in [0.1, 0.15) is 22.7 Å². The summed E-state index contributed by atoms with van der Waals surface area (Å²) in [7, 11) is 0. The zero-order chi connectivity index (χ0) is 22.8. The molecule has 0 saturated carbocycles. The zero-order valence-electron chi connectivity index (χ0n) is 17.2. The van der Waals surface area contributed by atoms with Crippen LogP contribution in [0.2, 0.25) is 0 Å². The molecule has 0 bridgehead atoms. The van der Waals surface area contributed by atoms with Gasteiger partial charge in [0.25, 0.3) is 11.8 Å². The first-order valence-electron chi connectivity index (χ1n) is 10.1. The van der Waals surface area contributed by atoms with Crippen LogP contribution in [0.1, 0.15) is 21.0 Å². The largest absolute Gasteiger partial charge is 0.507 e. The van der Waals surface area contributed by atoms with Crippen LogP contribution in [0.25, 0.3) is 22.2 Å². The average molecular weight is 438 g/mol. The van der Waals surface area contributed by atoms with E-state index in [9.17, 15) is 14.7 Å². The van der Waals surface area contributed by atoms with Gasteiger partial charge in [0.15, 0.2) is 0 Å². The second kappa shape index (κ2) is 8.35. The quantitative estimate of drug-likeness (QED) is 0.307. The molecule has 8 nitrogen and oxygen atoms in total. The molecular formula is C25H18N4O4. The summed E-state index contributed by atoms with van der Waals surface area (Å²) < 4.78 is 5.77. The lowest BCUT2D eigenvalue weighted by Gasteiger charge is -2.06. The normalized spacial score (nSPS) is 10.8. The van der Waals surface area contributed by atoms with E-state index < -0.39 is 11.8 Å². The summed E-state index contributed by atoms with van der Waals surface area (Å²) in [5.74, 6) is -0.970. The van der Waals surface area contributed by atoms with Gasteiger partial charge < -0.3 is 20.2 Å². The molecule has 162 valence electrons. The highest BCUT2D eigenvalue weighted by Crippen LogP contribution is 2.32. The van der Waals surface area contributed by atoms with E-state index in [-0.39, 0.29) is 22.9 Å². The molecule has 4 N–H and O–H groups in total. The molecule has 0 aliphatic rings. The third kappa shape index (κ3) is 3.92. The van der Waals surface area contributed by atoms with Gasteiger partial charge in [0, 0.05) is 16.6 Å². The summed E-state index contributed by atoms with van der Waals surface area (Å²) in [4.78, 5) is 25.9. The number of carbonyl (C=O) groups excluding carboxylic acids is 2. The number of hydrogen-bond donors (Lipinski definition) is 4. The van der Waals surface area contributed by atoms with E-state index in [0.717, 1.165) is 0 Å². The van der Waals surface area contributed by atoms with Crippen LogP contribution in [-0.2, 0) is 0 Å². The molecule has 8 heteroatoms. The average Bonchev–Trinajstić information content (AvgIpc) is 3.46. The Hall–Kier alpha value is -4.85. The van der Waals surface area contributed by atoms with Crippen LogP contribution in [0, 0.1) is 0 Å². The molecular weight excluding hydrogens is 420 g/mol. The number of phenolic OH excluding ortho intramolecular Hbond substituents is 1. The lowest BCUT2D eigenvalue weighted by atomic mass is 10.1. The smallest absolute Gasteiger partial charge is 0.293 e. The maximum absolute atomic E-state index is 13.0. The number of fused-ring (bicyclic) bond motifs is 1. The lowest BCUT2D eigenvalue weighted by molar-refractivity contribution is 0.0999. The zero-order valence-corrected chi connectivity index (χ0v) is 17.2. The minimum atomic E-state index is -0.510. The van der Waals surface area contributed by atoms with Gasteiger partial charge in [-0.3, -0.25) is 14.7 Å². The van der Waals surface area contributed by atoms with Gasteiger partial charge in [-0.25, -0.2) is 0 Å². The van der Waals surface area contributed by atoms with Gasteiger partial charge in [-0.05, 0) is 42.5 Å². The number of carbonyl (C=O) groups is 2. The van der Waals surface area contributed by atoms with E-state index in [2.05, 4.69) is 20.8 Å². The number of anilines is 2. The van der Waals surface area contributed by atoms with Crippen LogP contribution >= 0.6 is 0 Å². The maximum atomic E-state index is 13.0. The molecule has 0 aliphatic carbocycles. The van der Waals surface area contributed by atoms with E-state index in [1.165, 1.54) is 6.07 Å². The molecule has 0 aliphatic heterocycles. The second-order valence-corrected chi connectivity index (χ2v) is 7.26. The Morgan fingerprint density at radius 1 is 0.848 bits per heavy atom. The van der Waals surface area contributed by atoms with Crippen LogP contribution in [-0.4, -0.2) is 27.1 Å². The van der Waals surface area contributed by atoms with Crippen LogP contribution in [0.4, 0.5) is 11.4 Å². The monoisotopic (exact) mass is 438 g/mol. The highest BCUT2D eigenvalue weighted by atomic mass is 16.3. The number of rotatable bonds is 5. The maximum Gasteiger partial charge on any atom is 0.293 e. The summed E-state index contributed by atoms with van der Waals surface area (Å²) in [6.45, 7) is 0. The van der Waals surface area contributed by atoms with Gasteiger partial charge in [0.2, 0.25) is 5.76 Å². The van der Waals surface area contributed by atoms with Gasteiger partial charge in [-0.2, -0.15) is 5.10 Å². The third-order valence-corrected chi connectivity index (χ3v) is 5.07. The molecule has 33 heavy (non-hydrogen) atoms. The van der Waals surface area contributed by atoms with Gasteiger partial charge in [-0.15, -0.1) is 0 Å². The predicted octanol–water partition coefficient (Wildman–Crippen LogP) is 5.03. The number of nitrogens with one attached hydrogen (secondary N) is 3. The fourth-order valence-corrected chi connectivity index (χ4v) is 3.49. The van der Waals surface area contributed by atoms with Crippen molar-refractivity contribution in [2.24, 2.45) is 0 Å². The number of aromatic nitrogens is 2. The van der Waals surface area contributed by atoms with Gasteiger partial charge in [0.05, 0.1) is 5.69 Å². The first-order valence-corrected chi connectivity index (χ1v) is 10.1. The Balaban J connectivity index is 1.46. The number of amides is 2. The number of H-pyrrole nitrogens is 1. The fraction of sp³-hybridized carbons (Fsp3) is 0. The highest BCUT2D eigenvalue weighted by molar-refractivity contribution is 6.16. The molecule has 3 aromatic carbocycles. The summed E-state index contributed by atoms with van der Waals surface area (Å²) in [5.41, 5.74) is 2.38. The van der Waals surface area contributed by atoms with Gasteiger partial charge in [-0.1, -0.05) is 42.5 Å². The first-order chi connectivity index (χ1) is 16.1. The number of aromatic amines is 1. The number of furan rings is 1. The molecule has 5 rings (SSSR count). The SMILES string of the molecule is O=C(Nc1c(C(=O)Nc2ccccc2)oc2ccccc12)c1cc(-c2ccccc2O)n[nH]1. The van der Waals surface area contributed by atoms with Crippen LogP contribution in [0.5, 0.6) is 5.75 Å². The second-order valence-electron chi connectivity index (χ2n) is 7.26. The molecule has 0 unspecified atom stereocenters. The highest BCUT2D eigenvalue weighted by Gasteiger charge is 2.23. The van der Waals surface area contributed by atoms with Crippen molar-refractivity contribution in [3.63, 3.8) is 0 Å². The molecule has 2 aromatic heterocycles. The number of benzene rings is 3. The topological polar surface area (TPSA) is 120 Å². The Bertz CT molecular complexity index is 1470. The molecule has 0 radical (unpaired) electrons. The molecule has 0 saturated heterocycles. The standard InChI is InChI=1S/C25H18N4O4/c30-20-12-6-4-10-16(20)18-14-19(29-28-18)24(31)27-22-17-11-5-7-13-21(17)33-23(22)25(32)26-15-8-2-1-3-9-15/h1-14,30H,(H,26,32)(H,27,31)(H,28,29). The minimum Gasteiger partial charge on any atom is -0.507 e. The van der Waals surface area contributed by atoms with Crippen molar-refractivity contribution < 1.29 is 19.1 Å². The van der Waals surface area contributed by atoms with Crippen LogP contribution in [0.3, 0.4) is 0 Å². The summed E-state index contributed by atoms with van der Waals surface area (Å²) in [5, 5.41) is 23.0. The molecule has 0 spiro atoms. The Morgan fingerprint density at radius 3 is 2.39 bits per heavy atom. The minimum absolute atomic E-state index is 0.0196. The first kappa shape index (κ1) is 20.1. The third-order valence-electron chi connectivity index (χ3n) is 5.07. The molecule has 2 heterocycles. The molecule has 2 amide bonds. The van der Waals surface area contributed by atoms with Crippen molar-refractivity contribution in [1.29, 1.82) is 0 Å². The number of para-hydroxylation sites is 3. The predicted molar refractivity (Wildman–Crippen MR) is 124 cm³/mol. The van der Waals surface area contributed by atoms with Crippen molar-refractivity contribution in [3.05, 3.63) is 96.4 Å². The van der Waals surface area contributed by atoms with E-state index in [1.807, 2.05) is 6.07 Å². The van der Waals surface area contributed by atoms with Crippen molar-refractivity contribution in [2.45, 2.75) is 0 Å². The lowest BCUT2D eigenvalue weighted by Crippen LogP contribution is -2.17. The van der Waals surface area contributed by atoms with E-state index in [1.54, 1.807) is 72.8 Å². The van der Waals surface area contributed by atoms with Crippen LogP contribution in [0.15, 0.2) is 89.3 Å². The van der Waals surface area contributed by atoms with E-state index in [0.29, 0.717) is 27.9 Å². The summed E-state index contributed by atoms with van der Waals surface area (Å²) in [6, 6.07) is 24.2. The molecule has 0 atom stereocenters. The number of nitrogens with zero attached hydrogens (tertiary/aromatic N) is 1. The van der Waals surface area contributed by atoms with Crippen LogP contribution < -0.4 is 10.6 Å². The van der Waals surface area contributed by atoms with E-state index >= 15 is 0 Å². The van der Waals surface area contributed by atoms with Gasteiger partial charge >= 0.3 is 0 Å². The number of hydrogen-bond acceptors (Lipinski definition) is 5. The molecule has 5 aromatic rings. The van der Waals surface area contributed by atoms with Crippen molar-refractivity contribution in [2.75, 3.05) is 10.6 Å². The van der Waals surface area contributed by atoms with E-state index in [4.69, 9.17) is 4.42 Å². The summed E-state index contributed by atoms with van der Waals surface area (Å²) >= 11 is 0. The Kier molecular flexibility index (Phi) is 5.08. The number of phenols is 1. The van der Waals surface area contributed by atoms with Crippen molar-refractivity contribution in [3.8, 4) is 17.0 Å². The molecule has 0 fully saturated rings. The fourth-order valence-electron chi connectivity index (χ4n) is 3.49.